The Bertz CT molecular complexity index is 1350. The van der Waals surface area contributed by atoms with Gasteiger partial charge in [0.25, 0.3) is 0 Å². The van der Waals surface area contributed by atoms with Gasteiger partial charge in [0.2, 0.25) is 0 Å². The molecule has 2 aromatic carbocycles. The van der Waals surface area contributed by atoms with Crippen LogP contribution in [0.1, 0.15) is 25.0 Å². The Morgan fingerprint density at radius 1 is 0.750 bits per heavy atom. The van der Waals surface area contributed by atoms with E-state index < -0.39 is 23.4 Å². The van der Waals surface area contributed by atoms with Crippen LogP contribution in [0.5, 0.6) is 0 Å². The van der Waals surface area contributed by atoms with Gasteiger partial charge in [-0.05, 0) is 73.9 Å². The molecule has 0 unspecified atom stereocenters. The molecule has 0 amide bonds. The molecule has 0 spiro atoms. The number of hydrogen-bond donors (Lipinski definition) is 2. The molecule has 0 saturated carbocycles. The third kappa shape index (κ3) is 6.02. The van der Waals surface area contributed by atoms with Crippen LogP contribution in [0.15, 0.2) is 73.1 Å². The highest BCUT2D eigenvalue weighted by atomic mass is 16.6. The van der Waals surface area contributed by atoms with E-state index in [1.807, 2.05) is 83.9 Å². The average Bonchev–Trinajstić information content (AvgIpc) is 3.34. The van der Waals surface area contributed by atoms with Crippen LogP contribution in [-0.2, 0) is 32.2 Å². The molecule has 8 heteroatoms. The zero-order valence-electron chi connectivity index (χ0n) is 21.0. The minimum Gasteiger partial charge on any atom is -0.439 e. The summed E-state index contributed by atoms with van der Waals surface area (Å²) in [5.74, 6) is -1.51. The lowest BCUT2D eigenvalue weighted by molar-refractivity contribution is -0.155. The molecule has 188 valence electrons. The predicted molar refractivity (Wildman–Crippen MR) is 140 cm³/mol. The second-order valence-electron chi connectivity index (χ2n) is 9.81. The van der Waals surface area contributed by atoms with Gasteiger partial charge in [-0.3, -0.25) is 11.5 Å². The lowest BCUT2D eigenvalue weighted by Gasteiger charge is -2.26. The second kappa shape index (κ2) is 9.64. The molecule has 0 saturated heterocycles. The van der Waals surface area contributed by atoms with Crippen LogP contribution in [0.3, 0.4) is 0 Å². The SMILES string of the molecule is Cc1ccc2ccn(C[C@@](C)(N)OC(=O)/C=C/C(=O)O[C@](C)(N)Cn3ccc4ccc(C)cc43)c2c1. The van der Waals surface area contributed by atoms with Crippen molar-refractivity contribution in [1.82, 2.24) is 9.13 Å². The van der Waals surface area contributed by atoms with Gasteiger partial charge in [0.15, 0.2) is 11.4 Å². The normalized spacial score (nSPS) is 15.2. The van der Waals surface area contributed by atoms with Crippen LogP contribution in [0.4, 0.5) is 0 Å². The number of esters is 2. The topological polar surface area (TPSA) is 114 Å². The van der Waals surface area contributed by atoms with Gasteiger partial charge in [-0.15, -0.1) is 0 Å². The van der Waals surface area contributed by atoms with Crippen molar-refractivity contribution in [2.75, 3.05) is 0 Å². The van der Waals surface area contributed by atoms with Gasteiger partial charge in [-0.1, -0.05) is 24.3 Å². The van der Waals surface area contributed by atoms with E-state index in [0.29, 0.717) is 0 Å². The first-order chi connectivity index (χ1) is 16.9. The molecule has 0 aliphatic carbocycles. The summed E-state index contributed by atoms with van der Waals surface area (Å²) in [4.78, 5) is 24.7. The Morgan fingerprint density at radius 2 is 1.14 bits per heavy atom. The van der Waals surface area contributed by atoms with Gasteiger partial charge in [0.05, 0.1) is 13.1 Å². The van der Waals surface area contributed by atoms with Gasteiger partial charge in [0, 0.05) is 35.6 Å². The summed E-state index contributed by atoms with van der Waals surface area (Å²) in [5.41, 5.74) is 14.1. The molecule has 8 nitrogen and oxygen atoms in total. The Labute approximate surface area is 210 Å². The van der Waals surface area contributed by atoms with Crippen LogP contribution in [-0.4, -0.2) is 32.5 Å². The van der Waals surface area contributed by atoms with Crippen LogP contribution < -0.4 is 11.5 Å². The van der Waals surface area contributed by atoms with Gasteiger partial charge >= 0.3 is 11.9 Å². The zero-order valence-corrected chi connectivity index (χ0v) is 21.0. The van der Waals surface area contributed by atoms with Crippen molar-refractivity contribution in [1.29, 1.82) is 0 Å². The molecule has 0 aliphatic heterocycles. The zero-order chi connectivity index (χ0) is 26.1. The van der Waals surface area contributed by atoms with E-state index >= 15 is 0 Å². The number of benzene rings is 2. The highest BCUT2D eigenvalue weighted by Crippen LogP contribution is 2.21. The summed E-state index contributed by atoms with van der Waals surface area (Å²) in [6.07, 6.45) is 5.78. The van der Waals surface area contributed by atoms with Crippen LogP contribution in [0, 0.1) is 13.8 Å². The summed E-state index contributed by atoms with van der Waals surface area (Å²) in [7, 11) is 0. The predicted octanol–water partition coefficient (Wildman–Crippen LogP) is 3.91. The minimum absolute atomic E-state index is 0.245. The van der Waals surface area contributed by atoms with Crippen LogP contribution in [0.2, 0.25) is 0 Å². The number of aromatic nitrogens is 2. The van der Waals surface area contributed by atoms with Crippen molar-refractivity contribution < 1.29 is 19.1 Å². The molecule has 0 aliphatic rings. The molecule has 4 rings (SSSR count). The largest absolute Gasteiger partial charge is 0.439 e. The van der Waals surface area contributed by atoms with E-state index in [0.717, 1.165) is 45.1 Å². The minimum atomic E-state index is -1.29. The van der Waals surface area contributed by atoms with Crippen molar-refractivity contribution >= 4 is 33.7 Å². The van der Waals surface area contributed by atoms with Crippen molar-refractivity contribution in [3.63, 3.8) is 0 Å². The van der Waals surface area contributed by atoms with Gasteiger partial charge in [-0.2, -0.15) is 0 Å². The van der Waals surface area contributed by atoms with Crippen molar-refractivity contribution in [3.8, 4) is 0 Å². The first-order valence-corrected chi connectivity index (χ1v) is 11.7. The van der Waals surface area contributed by atoms with Crippen LogP contribution in [0.25, 0.3) is 21.8 Å². The highest BCUT2D eigenvalue weighted by Gasteiger charge is 2.26. The maximum Gasteiger partial charge on any atom is 0.332 e. The van der Waals surface area contributed by atoms with Crippen LogP contribution >= 0.6 is 0 Å². The van der Waals surface area contributed by atoms with E-state index in [-0.39, 0.29) is 13.1 Å². The summed E-state index contributed by atoms with van der Waals surface area (Å²) < 4.78 is 14.7. The number of carbonyl (C=O) groups is 2. The third-order valence-electron chi connectivity index (χ3n) is 5.85. The first-order valence-electron chi connectivity index (χ1n) is 11.7. The molecule has 2 aromatic heterocycles. The monoisotopic (exact) mass is 488 g/mol. The number of nitrogens with two attached hydrogens (primary N) is 2. The fraction of sp³-hybridized carbons (Fsp3) is 0.286. The van der Waals surface area contributed by atoms with Crippen molar-refractivity contribution in [3.05, 3.63) is 84.2 Å². The standard InChI is InChI=1S/C28H32N4O4/c1-19-5-7-21-11-13-31(23(21)15-19)17-27(3,29)35-25(33)9-10-26(34)36-28(4,30)18-32-14-12-22-8-6-20(2)16-24(22)32/h5-16H,17-18,29-30H2,1-4H3/b10-9+/t27-,28-/m0/s1. The fourth-order valence-corrected chi connectivity index (χ4v) is 4.27. The summed E-state index contributed by atoms with van der Waals surface area (Å²) >= 11 is 0. The molecular formula is C28H32N4O4. The summed E-state index contributed by atoms with van der Waals surface area (Å²) in [5, 5.41) is 2.14. The van der Waals surface area contributed by atoms with Crippen molar-refractivity contribution in [2.24, 2.45) is 11.5 Å². The quantitative estimate of drug-likeness (QED) is 0.221. The smallest absolute Gasteiger partial charge is 0.332 e. The van der Waals surface area contributed by atoms with E-state index in [2.05, 4.69) is 0 Å². The second-order valence-corrected chi connectivity index (χ2v) is 9.81. The number of hydrogen-bond acceptors (Lipinski definition) is 6. The molecule has 0 bridgehead atoms. The summed E-state index contributed by atoms with van der Waals surface area (Å²) in [6.45, 7) is 7.73. The summed E-state index contributed by atoms with van der Waals surface area (Å²) in [6, 6.07) is 16.2. The first kappa shape index (κ1) is 25.2. The maximum absolute atomic E-state index is 12.4. The Balaban J connectivity index is 1.34. The number of carbonyl (C=O) groups excluding carboxylic acids is 2. The molecule has 0 fully saturated rings. The van der Waals surface area contributed by atoms with E-state index in [9.17, 15) is 9.59 Å². The number of fused-ring (bicyclic) bond motifs is 2. The van der Waals surface area contributed by atoms with Gasteiger partial charge in [-0.25, -0.2) is 9.59 Å². The lowest BCUT2D eigenvalue weighted by atomic mass is 10.2. The fourth-order valence-electron chi connectivity index (χ4n) is 4.27. The molecule has 0 radical (unpaired) electrons. The number of ether oxygens (including phenoxy) is 2. The molecule has 36 heavy (non-hydrogen) atoms. The number of aryl methyl sites for hydroxylation is 2. The molecule has 2 heterocycles. The molecule has 4 aromatic rings. The van der Waals surface area contributed by atoms with Gasteiger partial charge in [0.1, 0.15) is 0 Å². The molecule has 4 N–H and O–H groups in total. The van der Waals surface area contributed by atoms with E-state index in [1.54, 1.807) is 13.8 Å². The molecule has 2 atom stereocenters. The number of rotatable bonds is 8. The highest BCUT2D eigenvalue weighted by molar-refractivity contribution is 5.92. The molecular weight excluding hydrogens is 456 g/mol. The average molecular weight is 489 g/mol. The Kier molecular flexibility index (Phi) is 6.75. The Morgan fingerprint density at radius 3 is 1.53 bits per heavy atom. The van der Waals surface area contributed by atoms with E-state index in [1.165, 1.54) is 0 Å². The van der Waals surface area contributed by atoms with Gasteiger partial charge < -0.3 is 18.6 Å². The number of nitrogens with zero attached hydrogens (tertiary/aromatic N) is 2. The van der Waals surface area contributed by atoms with Crippen molar-refractivity contribution in [2.45, 2.75) is 52.2 Å². The maximum atomic E-state index is 12.4. The van der Waals surface area contributed by atoms with E-state index in [4.69, 9.17) is 20.9 Å². The lowest BCUT2D eigenvalue weighted by Crippen LogP contribution is -2.45. The Hall–Kier alpha value is -3.88. The third-order valence-corrected chi connectivity index (χ3v) is 5.85.